The molecule has 0 radical (unpaired) electrons. The van der Waals surface area contributed by atoms with Crippen molar-refractivity contribution in [2.45, 2.75) is 83.8 Å². The Kier molecular flexibility index (Phi) is 5.09. The molecule has 1 aromatic carbocycles. The Morgan fingerprint density at radius 3 is 2.66 bits per heavy atom. The lowest BCUT2D eigenvalue weighted by Crippen LogP contribution is -2.54. The van der Waals surface area contributed by atoms with Gasteiger partial charge in [0.1, 0.15) is 11.4 Å². The summed E-state index contributed by atoms with van der Waals surface area (Å²) in [6.07, 6.45) is 5.61. The summed E-state index contributed by atoms with van der Waals surface area (Å²) < 4.78 is 5.55. The number of phenolic OH excluding ortho intramolecular Hbond substituents is 1. The third-order valence-electron chi connectivity index (χ3n) is 8.96. The second-order valence-electron chi connectivity index (χ2n) is 12.5. The van der Waals surface area contributed by atoms with Crippen LogP contribution in [0.15, 0.2) is 18.2 Å². The first-order chi connectivity index (χ1) is 15.0. The van der Waals surface area contributed by atoms with Crippen LogP contribution in [0.1, 0.15) is 71.4 Å². The Balaban J connectivity index is 1.26. The molecule has 2 N–H and O–H groups in total. The number of carbonyl (C=O) groups excluding carboxylic acids is 1. The molecule has 176 valence electrons. The predicted molar refractivity (Wildman–Crippen MR) is 126 cm³/mol. The van der Waals surface area contributed by atoms with Gasteiger partial charge in [0.05, 0.1) is 0 Å². The van der Waals surface area contributed by atoms with Crippen LogP contribution in [0.25, 0.3) is 0 Å². The third-order valence-corrected chi connectivity index (χ3v) is 8.96. The number of benzene rings is 1. The van der Waals surface area contributed by atoms with Crippen LogP contribution in [-0.4, -0.2) is 47.4 Å². The van der Waals surface area contributed by atoms with Crippen LogP contribution in [0.4, 0.5) is 4.79 Å². The van der Waals surface area contributed by atoms with E-state index in [0.717, 1.165) is 38.4 Å². The number of fused-ring (bicyclic) bond motifs is 3. The number of hydrogen-bond acceptors (Lipinski definition) is 4. The second-order valence-corrected chi connectivity index (χ2v) is 12.5. The van der Waals surface area contributed by atoms with E-state index in [1.165, 1.54) is 30.4 Å². The number of phenols is 1. The Morgan fingerprint density at radius 1 is 1.28 bits per heavy atom. The smallest absolute Gasteiger partial charge is 0.410 e. The molecule has 3 aliphatic carbocycles. The van der Waals surface area contributed by atoms with E-state index < -0.39 is 5.60 Å². The number of likely N-dealkylation sites (tertiary alicyclic amines) is 1. The van der Waals surface area contributed by atoms with Gasteiger partial charge in [-0.15, -0.1) is 0 Å². The molecule has 0 aromatic heterocycles. The lowest BCUT2D eigenvalue weighted by Gasteiger charge is -2.53. The Labute approximate surface area is 192 Å². The van der Waals surface area contributed by atoms with Crippen molar-refractivity contribution >= 4 is 6.09 Å². The average Bonchev–Trinajstić information content (AvgIpc) is 2.86. The molecule has 3 fully saturated rings. The summed E-state index contributed by atoms with van der Waals surface area (Å²) in [6, 6.07) is 6.52. The fourth-order valence-electron chi connectivity index (χ4n) is 7.89. The van der Waals surface area contributed by atoms with Crippen molar-refractivity contribution < 1.29 is 14.6 Å². The molecule has 2 bridgehead atoms. The standard InChI is InChI=1S/C27H40N2O3/c1-17-13-27-14-19-6-7-20(30)12-21(19)26(5,16-27)23(22(17)27)28-15-18-8-10-29(11-9-18)24(31)32-25(2,3)4/h6-7,12,17-18,22-23,28,30H,8-11,13-16H2,1-5H3/t17?,22-,23-,26-,27-/m0/s1. The zero-order valence-corrected chi connectivity index (χ0v) is 20.4. The maximum Gasteiger partial charge on any atom is 0.410 e. The van der Waals surface area contributed by atoms with Gasteiger partial charge in [0, 0.05) is 24.5 Å². The minimum Gasteiger partial charge on any atom is -0.508 e. The van der Waals surface area contributed by atoms with Gasteiger partial charge in [-0.05, 0) is 106 Å². The van der Waals surface area contributed by atoms with Gasteiger partial charge in [-0.1, -0.05) is 19.9 Å². The Hall–Kier alpha value is -1.75. The highest BCUT2D eigenvalue weighted by atomic mass is 16.6. The summed E-state index contributed by atoms with van der Waals surface area (Å²) in [5, 5.41) is 14.3. The zero-order chi connectivity index (χ0) is 22.9. The second kappa shape index (κ2) is 7.38. The Morgan fingerprint density at radius 2 is 2.00 bits per heavy atom. The fraction of sp³-hybridized carbons (Fsp3) is 0.741. The number of carbonyl (C=O) groups is 1. The maximum atomic E-state index is 12.4. The number of ether oxygens (including phenoxy) is 1. The highest BCUT2D eigenvalue weighted by molar-refractivity contribution is 5.68. The molecule has 5 rings (SSSR count). The van der Waals surface area contributed by atoms with E-state index in [9.17, 15) is 9.90 Å². The largest absolute Gasteiger partial charge is 0.508 e. The topological polar surface area (TPSA) is 61.8 Å². The summed E-state index contributed by atoms with van der Waals surface area (Å²) >= 11 is 0. The first-order valence-corrected chi connectivity index (χ1v) is 12.5. The predicted octanol–water partition coefficient (Wildman–Crippen LogP) is 4.86. The number of nitrogens with one attached hydrogen (secondary N) is 1. The first-order valence-electron chi connectivity index (χ1n) is 12.5. The molecule has 1 heterocycles. The molecule has 1 amide bonds. The molecule has 5 nitrogen and oxygen atoms in total. The van der Waals surface area contributed by atoms with Crippen LogP contribution in [0.5, 0.6) is 5.75 Å². The van der Waals surface area contributed by atoms with Crippen molar-refractivity contribution in [2.75, 3.05) is 19.6 Å². The van der Waals surface area contributed by atoms with Crippen molar-refractivity contribution in [1.29, 1.82) is 0 Å². The molecule has 5 atom stereocenters. The normalized spacial score (nSPS) is 36.3. The van der Waals surface area contributed by atoms with Gasteiger partial charge >= 0.3 is 6.09 Å². The molecule has 2 saturated carbocycles. The van der Waals surface area contributed by atoms with E-state index in [4.69, 9.17) is 4.74 Å². The van der Waals surface area contributed by atoms with Crippen molar-refractivity contribution in [3.63, 3.8) is 0 Å². The van der Waals surface area contributed by atoms with Crippen LogP contribution < -0.4 is 5.32 Å². The summed E-state index contributed by atoms with van der Waals surface area (Å²) in [5.74, 6) is 2.45. The third kappa shape index (κ3) is 3.52. The van der Waals surface area contributed by atoms with Crippen LogP contribution in [0.3, 0.4) is 0 Å². The molecule has 1 spiro atoms. The lowest BCUT2D eigenvalue weighted by molar-refractivity contribution is -0.0179. The van der Waals surface area contributed by atoms with E-state index in [1.807, 2.05) is 37.8 Å². The van der Waals surface area contributed by atoms with Crippen LogP contribution >= 0.6 is 0 Å². The molecular weight excluding hydrogens is 400 g/mol. The van der Waals surface area contributed by atoms with Gasteiger partial charge in [-0.3, -0.25) is 0 Å². The number of amides is 1. The minimum absolute atomic E-state index is 0.0823. The number of hydrogen-bond donors (Lipinski definition) is 2. The van der Waals surface area contributed by atoms with E-state index in [0.29, 0.717) is 29.0 Å². The van der Waals surface area contributed by atoms with E-state index >= 15 is 0 Å². The number of rotatable bonds is 3. The van der Waals surface area contributed by atoms with Crippen molar-refractivity contribution in [2.24, 2.45) is 23.2 Å². The highest BCUT2D eigenvalue weighted by Crippen LogP contribution is 2.70. The van der Waals surface area contributed by atoms with Crippen LogP contribution in [-0.2, 0) is 16.6 Å². The minimum atomic E-state index is -0.439. The van der Waals surface area contributed by atoms with Crippen molar-refractivity contribution in [3.05, 3.63) is 29.3 Å². The molecule has 1 saturated heterocycles. The monoisotopic (exact) mass is 440 g/mol. The zero-order valence-electron chi connectivity index (χ0n) is 20.4. The van der Waals surface area contributed by atoms with Gasteiger partial charge in [-0.25, -0.2) is 4.79 Å². The van der Waals surface area contributed by atoms with Crippen molar-refractivity contribution in [3.8, 4) is 5.75 Å². The number of piperidine rings is 1. The van der Waals surface area contributed by atoms with E-state index in [-0.39, 0.29) is 11.5 Å². The molecule has 1 aliphatic heterocycles. The highest BCUT2D eigenvalue weighted by Gasteiger charge is 2.68. The van der Waals surface area contributed by atoms with Crippen molar-refractivity contribution in [1.82, 2.24) is 10.2 Å². The molecule has 1 unspecified atom stereocenters. The van der Waals surface area contributed by atoms with Gasteiger partial charge < -0.3 is 20.1 Å². The number of aromatic hydroxyl groups is 1. The Bertz CT molecular complexity index is 901. The lowest BCUT2D eigenvalue weighted by atomic mass is 9.52. The van der Waals surface area contributed by atoms with Gasteiger partial charge in [0.25, 0.3) is 0 Å². The molecule has 5 heteroatoms. The molecule has 32 heavy (non-hydrogen) atoms. The van der Waals surface area contributed by atoms with Gasteiger partial charge in [0.2, 0.25) is 0 Å². The number of nitrogens with zero attached hydrogens (tertiary/aromatic N) is 1. The maximum absolute atomic E-state index is 12.4. The molecule has 1 aromatic rings. The SMILES string of the molecule is CC1C[C@]23Cc4ccc(O)cc4[C@](C)(C2)[C@@H](NCC2CCN(C(=O)OC(C)(C)C)CC2)[C@H]13. The quantitative estimate of drug-likeness (QED) is 0.705. The molecule has 4 aliphatic rings. The summed E-state index contributed by atoms with van der Waals surface area (Å²) in [5.41, 5.74) is 2.89. The first kappa shape index (κ1) is 22.1. The van der Waals surface area contributed by atoms with Crippen LogP contribution in [0, 0.1) is 23.2 Å². The fourth-order valence-corrected chi connectivity index (χ4v) is 7.89. The van der Waals surface area contributed by atoms with Gasteiger partial charge in [0.15, 0.2) is 0 Å². The summed E-state index contributed by atoms with van der Waals surface area (Å²) in [4.78, 5) is 14.3. The summed E-state index contributed by atoms with van der Waals surface area (Å²) in [6.45, 7) is 13.2. The van der Waals surface area contributed by atoms with E-state index in [1.54, 1.807) is 0 Å². The van der Waals surface area contributed by atoms with E-state index in [2.05, 4.69) is 25.2 Å². The molecular formula is C27H40N2O3. The summed E-state index contributed by atoms with van der Waals surface area (Å²) in [7, 11) is 0. The van der Waals surface area contributed by atoms with Gasteiger partial charge in [-0.2, -0.15) is 0 Å². The average molecular weight is 441 g/mol. The van der Waals surface area contributed by atoms with Crippen LogP contribution in [0.2, 0.25) is 0 Å².